The molecule has 0 saturated carbocycles. The number of hydrogen-bond donors (Lipinski definition) is 1. The summed E-state index contributed by atoms with van der Waals surface area (Å²) in [5.74, 6) is 0.598. The number of nitrogens with one attached hydrogen (secondary N) is 1. The first-order valence-corrected chi connectivity index (χ1v) is 9.77. The Morgan fingerprint density at radius 1 is 0.969 bits per heavy atom. The van der Waals surface area contributed by atoms with E-state index in [4.69, 9.17) is 18.6 Å². The van der Waals surface area contributed by atoms with Gasteiger partial charge in [-0.2, -0.15) is 13.2 Å². The van der Waals surface area contributed by atoms with Crippen LogP contribution in [0.2, 0.25) is 0 Å². The molecule has 3 aliphatic rings. The number of ether oxygens (including phenoxy) is 3. The number of halogens is 3. The summed E-state index contributed by atoms with van der Waals surface area (Å²) in [4.78, 5) is 14.6. The van der Waals surface area contributed by atoms with E-state index in [1.807, 2.05) is 12.1 Å². The smallest absolute Gasteiger partial charge is 0.449 e. The van der Waals surface area contributed by atoms with Gasteiger partial charge in [-0.25, -0.2) is 4.79 Å². The SMILES string of the molecule is O=C1NC2(COc3cc4c(cc32)OCO4)c2ccccc2N1Cc1ccc(C(F)(F)F)o1. The van der Waals surface area contributed by atoms with Crippen molar-refractivity contribution in [2.75, 3.05) is 18.3 Å². The Morgan fingerprint density at radius 3 is 2.53 bits per heavy atom. The average molecular weight is 444 g/mol. The average Bonchev–Trinajstić information content (AvgIpc) is 3.49. The first kappa shape index (κ1) is 18.9. The van der Waals surface area contributed by atoms with Gasteiger partial charge in [0.1, 0.15) is 23.7 Å². The molecule has 0 aliphatic carbocycles. The van der Waals surface area contributed by atoms with Crippen LogP contribution in [0.4, 0.5) is 23.7 Å². The predicted octanol–water partition coefficient (Wildman–Crippen LogP) is 4.39. The van der Waals surface area contributed by atoms with Crippen LogP contribution in [0.5, 0.6) is 17.2 Å². The molecule has 1 spiro atoms. The largest absolute Gasteiger partial charge is 0.490 e. The number of fused-ring (bicyclic) bond motifs is 5. The van der Waals surface area contributed by atoms with Crippen LogP contribution in [0, 0.1) is 0 Å². The normalized spacial score (nSPS) is 20.7. The lowest BCUT2D eigenvalue weighted by atomic mass is 9.81. The number of alkyl halides is 3. The van der Waals surface area contributed by atoms with Gasteiger partial charge in [0.2, 0.25) is 12.6 Å². The molecule has 0 fully saturated rings. The number of benzene rings is 2. The number of hydrogen-bond acceptors (Lipinski definition) is 5. The van der Waals surface area contributed by atoms with Crippen molar-refractivity contribution in [3.8, 4) is 17.2 Å². The highest BCUT2D eigenvalue weighted by molar-refractivity contribution is 5.97. The molecular weight excluding hydrogens is 429 g/mol. The molecule has 6 rings (SSSR count). The molecule has 1 aromatic heterocycles. The molecule has 2 aromatic carbocycles. The number of nitrogens with zero attached hydrogens (tertiary/aromatic N) is 1. The van der Waals surface area contributed by atoms with Crippen LogP contribution in [0.25, 0.3) is 0 Å². The van der Waals surface area contributed by atoms with Gasteiger partial charge in [-0.1, -0.05) is 18.2 Å². The standard InChI is InChI=1S/C22H15F3N2O5/c23-22(24,25)19-6-5-12(32-19)9-27-15-4-2-1-3-13(15)21(26-20(27)28)10-29-16-8-18-17(7-14(16)21)30-11-31-18/h1-8H,9-11H2,(H,26,28). The zero-order valence-corrected chi connectivity index (χ0v) is 16.4. The first-order chi connectivity index (χ1) is 15.3. The predicted molar refractivity (Wildman–Crippen MR) is 104 cm³/mol. The molecule has 1 N–H and O–H groups in total. The Bertz CT molecular complexity index is 1250. The van der Waals surface area contributed by atoms with Crippen molar-refractivity contribution in [1.29, 1.82) is 0 Å². The summed E-state index contributed by atoms with van der Waals surface area (Å²) in [5.41, 5.74) is 1.05. The van der Waals surface area contributed by atoms with Crippen LogP contribution >= 0.6 is 0 Å². The zero-order valence-electron chi connectivity index (χ0n) is 16.4. The third kappa shape index (κ3) is 2.65. The molecule has 32 heavy (non-hydrogen) atoms. The maximum Gasteiger partial charge on any atom is 0.449 e. The molecule has 4 heterocycles. The van der Waals surface area contributed by atoms with Gasteiger partial charge in [0.15, 0.2) is 11.5 Å². The molecule has 1 unspecified atom stereocenters. The number of anilines is 1. The number of rotatable bonds is 2. The minimum Gasteiger partial charge on any atom is -0.490 e. The van der Waals surface area contributed by atoms with Crippen molar-refractivity contribution in [2.45, 2.75) is 18.3 Å². The van der Waals surface area contributed by atoms with Gasteiger partial charge < -0.3 is 23.9 Å². The summed E-state index contributed by atoms with van der Waals surface area (Å²) >= 11 is 0. The first-order valence-electron chi connectivity index (χ1n) is 9.77. The van der Waals surface area contributed by atoms with E-state index in [-0.39, 0.29) is 25.7 Å². The summed E-state index contributed by atoms with van der Waals surface area (Å²) in [5, 5.41) is 3.00. The molecule has 1 atom stereocenters. The zero-order chi connectivity index (χ0) is 22.1. The van der Waals surface area contributed by atoms with E-state index in [9.17, 15) is 18.0 Å². The molecule has 0 saturated heterocycles. The second-order valence-electron chi connectivity index (χ2n) is 7.69. The van der Waals surface area contributed by atoms with Crippen LogP contribution < -0.4 is 24.4 Å². The Hall–Kier alpha value is -3.82. The third-order valence-corrected chi connectivity index (χ3v) is 5.85. The highest BCUT2D eigenvalue weighted by Crippen LogP contribution is 2.51. The lowest BCUT2D eigenvalue weighted by Gasteiger charge is -2.40. The molecule has 0 radical (unpaired) electrons. The highest BCUT2D eigenvalue weighted by atomic mass is 19.4. The van der Waals surface area contributed by atoms with Crippen molar-refractivity contribution in [3.05, 3.63) is 71.2 Å². The molecule has 164 valence electrons. The maximum atomic E-state index is 13.2. The fourth-order valence-corrected chi connectivity index (χ4v) is 4.39. The molecule has 10 heteroatoms. The van der Waals surface area contributed by atoms with Crippen molar-refractivity contribution in [2.24, 2.45) is 0 Å². The molecular formula is C22H15F3N2O5. The van der Waals surface area contributed by atoms with Gasteiger partial charge in [0, 0.05) is 17.2 Å². The van der Waals surface area contributed by atoms with Crippen molar-refractivity contribution >= 4 is 11.7 Å². The monoisotopic (exact) mass is 444 g/mol. The van der Waals surface area contributed by atoms with Crippen LogP contribution in [-0.2, 0) is 18.3 Å². The number of amides is 2. The number of urea groups is 1. The summed E-state index contributed by atoms with van der Waals surface area (Å²) < 4.78 is 60.5. The second-order valence-corrected chi connectivity index (χ2v) is 7.69. The van der Waals surface area contributed by atoms with Gasteiger partial charge in [-0.05, 0) is 24.3 Å². The number of carbonyl (C=O) groups is 1. The Labute approximate surface area is 179 Å². The lowest BCUT2D eigenvalue weighted by Crippen LogP contribution is -2.57. The fourth-order valence-electron chi connectivity index (χ4n) is 4.39. The van der Waals surface area contributed by atoms with Crippen molar-refractivity contribution < 1.29 is 36.6 Å². The number of furan rings is 1. The lowest BCUT2D eigenvalue weighted by molar-refractivity contribution is -0.153. The second kappa shape index (κ2) is 6.35. The molecule has 0 bridgehead atoms. The molecule has 3 aliphatic heterocycles. The fraction of sp³-hybridized carbons (Fsp3) is 0.227. The Kier molecular flexibility index (Phi) is 3.75. The summed E-state index contributed by atoms with van der Waals surface area (Å²) in [7, 11) is 0. The van der Waals surface area contributed by atoms with E-state index in [1.165, 1.54) is 11.0 Å². The van der Waals surface area contributed by atoms with Gasteiger partial charge in [-0.3, -0.25) is 4.90 Å². The van der Waals surface area contributed by atoms with Crippen molar-refractivity contribution in [1.82, 2.24) is 5.32 Å². The third-order valence-electron chi connectivity index (χ3n) is 5.85. The highest BCUT2D eigenvalue weighted by Gasteiger charge is 2.50. The van der Waals surface area contributed by atoms with E-state index < -0.39 is 23.5 Å². The topological polar surface area (TPSA) is 73.2 Å². The molecule has 2 amide bonds. The maximum absolute atomic E-state index is 13.2. The molecule has 3 aromatic rings. The van der Waals surface area contributed by atoms with Gasteiger partial charge in [0.25, 0.3) is 0 Å². The van der Waals surface area contributed by atoms with Gasteiger partial charge in [-0.15, -0.1) is 0 Å². The van der Waals surface area contributed by atoms with E-state index in [0.29, 0.717) is 22.9 Å². The minimum atomic E-state index is -4.60. The number of para-hydroxylation sites is 1. The summed E-state index contributed by atoms with van der Waals surface area (Å²) in [6, 6.07) is 12.3. The van der Waals surface area contributed by atoms with E-state index in [2.05, 4.69) is 5.32 Å². The van der Waals surface area contributed by atoms with Gasteiger partial charge in [0.05, 0.1) is 12.2 Å². The van der Waals surface area contributed by atoms with E-state index in [1.54, 1.807) is 24.3 Å². The van der Waals surface area contributed by atoms with Crippen LogP contribution in [-0.4, -0.2) is 19.4 Å². The van der Waals surface area contributed by atoms with Crippen LogP contribution in [0.15, 0.2) is 52.9 Å². The van der Waals surface area contributed by atoms with Gasteiger partial charge >= 0.3 is 12.2 Å². The Morgan fingerprint density at radius 2 is 1.75 bits per heavy atom. The number of carbonyl (C=O) groups excluding carboxylic acids is 1. The van der Waals surface area contributed by atoms with Crippen LogP contribution in [0.1, 0.15) is 22.6 Å². The molecule has 7 nitrogen and oxygen atoms in total. The summed E-state index contributed by atoms with van der Waals surface area (Å²) in [6.07, 6.45) is -4.60. The minimum absolute atomic E-state index is 0.0182. The Balaban J connectivity index is 1.42. The van der Waals surface area contributed by atoms with Crippen molar-refractivity contribution in [3.63, 3.8) is 0 Å². The van der Waals surface area contributed by atoms with E-state index in [0.717, 1.165) is 17.2 Å². The van der Waals surface area contributed by atoms with E-state index >= 15 is 0 Å². The van der Waals surface area contributed by atoms with Crippen LogP contribution in [0.3, 0.4) is 0 Å². The quantitative estimate of drug-likeness (QED) is 0.635. The summed E-state index contributed by atoms with van der Waals surface area (Å²) in [6.45, 7) is 0.0929.